The van der Waals surface area contributed by atoms with Gasteiger partial charge in [-0.1, -0.05) is 18.2 Å². The van der Waals surface area contributed by atoms with E-state index in [1.807, 2.05) is 53.4 Å². The lowest BCUT2D eigenvalue weighted by Gasteiger charge is -2.17. The normalized spacial score (nSPS) is 13.9. The lowest BCUT2D eigenvalue weighted by Crippen LogP contribution is -2.27. The number of likely N-dealkylation sites (tertiary alicyclic amines) is 1. The fraction of sp³-hybridized carbons (Fsp3) is 0.316. The number of para-hydroxylation sites is 1. The van der Waals surface area contributed by atoms with Crippen molar-refractivity contribution in [1.29, 1.82) is 0 Å². The van der Waals surface area contributed by atoms with Crippen molar-refractivity contribution < 1.29 is 14.3 Å². The summed E-state index contributed by atoms with van der Waals surface area (Å²) in [5.74, 6) is 1.62. The molecule has 2 aromatic carbocycles. The van der Waals surface area contributed by atoms with Crippen molar-refractivity contribution >= 4 is 5.91 Å². The van der Waals surface area contributed by atoms with Crippen LogP contribution in [0.1, 0.15) is 28.8 Å². The fourth-order valence-electron chi connectivity index (χ4n) is 2.81. The summed E-state index contributed by atoms with van der Waals surface area (Å²) in [5, 5.41) is 0. The minimum atomic E-state index is 0.0890. The first-order valence-corrected chi connectivity index (χ1v) is 7.92. The highest BCUT2D eigenvalue weighted by Crippen LogP contribution is 2.23. The molecule has 2 aromatic rings. The summed E-state index contributed by atoms with van der Waals surface area (Å²) in [7, 11) is 1.63. The number of nitrogens with zero attached hydrogens (tertiary/aromatic N) is 1. The van der Waals surface area contributed by atoms with Crippen molar-refractivity contribution in [3.05, 3.63) is 59.7 Å². The van der Waals surface area contributed by atoms with E-state index in [9.17, 15) is 4.79 Å². The van der Waals surface area contributed by atoms with Crippen LogP contribution in [-0.4, -0.2) is 31.0 Å². The zero-order valence-electron chi connectivity index (χ0n) is 13.3. The molecule has 1 aliphatic heterocycles. The van der Waals surface area contributed by atoms with E-state index in [2.05, 4.69) is 0 Å². The zero-order valence-corrected chi connectivity index (χ0v) is 13.3. The number of amides is 1. The maximum atomic E-state index is 12.5. The number of carbonyl (C=O) groups excluding carboxylic acids is 1. The lowest BCUT2D eigenvalue weighted by atomic mass is 10.1. The van der Waals surface area contributed by atoms with Gasteiger partial charge in [0.2, 0.25) is 0 Å². The van der Waals surface area contributed by atoms with Gasteiger partial charge in [0, 0.05) is 24.2 Å². The molecule has 0 bridgehead atoms. The van der Waals surface area contributed by atoms with Crippen molar-refractivity contribution in [1.82, 2.24) is 4.90 Å². The van der Waals surface area contributed by atoms with Crippen LogP contribution in [0.2, 0.25) is 0 Å². The van der Waals surface area contributed by atoms with Crippen LogP contribution in [-0.2, 0) is 6.61 Å². The number of hydrogen-bond acceptors (Lipinski definition) is 3. The van der Waals surface area contributed by atoms with Crippen LogP contribution < -0.4 is 9.47 Å². The highest BCUT2D eigenvalue weighted by molar-refractivity contribution is 5.94. The minimum absolute atomic E-state index is 0.0890. The number of carbonyl (C=O) groups is 1. The predicted octanol–water partition coefficient (Wildman–Crippen LogP) is 3.51. The quantitative estimate of drug-likeness (QED) is 0.848. The first-order chi connectivity index (χ1) is 11.3. The monoisotopic (exact) mass is 311 g/mol. The van der Waals surface area contributed by atoms with Gasteiger partial charge in [-0.15, -0.1) is 0 Å². The molecule has 0 N–H and O–H groups in total. The van der Waals surface area contributed by atoms with Gasteiger partial charge in [0.1, 0.15) is 18.1 Å². The first-order valence-electron chi connectivity index (χ1n) is 7.92. The van der Waals surface area contributed by atoms with Gasteiger partial charge in [0.15, 0.2) is 0 Å². The van der Waals surface area contributed by atoms with Gasteiger partial charge in [-0.2, -0.15) is 0 Å². The third-order valence-electron chi connectivity index (χ3n) is 4.06. The molecule has 0 radical (unpaired) electrons. The van der Waals surface area contributed by atoms with E-state index in [-0.39, 0.29) is 5.91 Å². The van der Waals surface area contributed by atoms with E-state index >= 15 is 0 Å². The van der Waals surface area contributed by atoms with Crippen LogP contribution in [0.3, 0.4) is 0 Å². The molecule has 0 atom stereocenters. The van der Waals surface area contributed by atoms with Gasteiger partial charge in [-0.25, -0.2) is 0 Å². The Balaban J connectivity index is 1.77. The summed E-state index contributed by atoms with van der Waals surface area (Å²) < 4.78 is 11.2. The Morgan fingerprint density at radius 2 is 1.83 bits per heavy atom. The molecule has 1 aliphatic rings. The molecule has 0 aromatic heterocycles. The number of rotatable bonds is 5. The second kappa shape index (κ2) is 7.18. The van der Waals surface area contributed by atoms with E-state index in [0.717, 1.165) is 43.0 Å². The highest BCUT2D eigenvalue weighted by atomic mass is 16.5. The van der Waals surface area contributed by atoms with E-state index in [1.54, 1.807) is 7.11 Å². The van der Waals surface area contributed by atoms with Gasteiger partial charge in [-0.05, 0) is 43.2 Å². The Morgan fingerprint density at radius 1 is 1.09 bits per heavy atom. The van der Waals surface area contributed by atoms with E-state index < -0.39 is 0 Å². The highest BCUT2D eigenvalue weighted by Gasteiger charge is 2.20. The molecular formula is C19H21NO3. The molecule has 120 valence electrons. The SMILES string of the molecule is COc1ccc(C(=O)N2CCCC2)cc1COc1ccccc1. The average Bonchev–Trinajstić information content (AvgIpc) is 3.14. The summed E-state index contributed by atoms with van der Waals surface area (Å²) in [6, 6.07) is 15.2. The summed E-state index contributed by atoms with van der Waals surface area (Å²) in [4.78, 5) is 14.4. The molecule has 0 saturated carbocycles. The van der Waals surface area contributed by atoms with Crippen LogP contribution in [0.5, 0.6) is 11.5 Å². The van der Waals surface area contributed by atoms with Crippen molar-refractivity contribution in [3.8, 4) is 11.5 Å². The summed E-state index contributed by atoms with van der Waals surface area (Å²) in [6.07, 6.45) is 2.18. The molecule has 0 spiro atoms. The molecule has 4 heteroatoms. The van der Waals surface area contributed by atoms with E-state index in [0.29, 0.717) is 12.2 Å². The molecule has 1 amide bonds. The maximum Gasteiger partial charge on any atom is 0.253 e. The van der Waals surface area contributed by atoms with Crippen molar-refractivity contribution in [2.75, 3.05) is 20.2 Å². The Hall–Kier alpha value is -2.49. The average molecular weight is 311 g/mol. The lowest BCUT2D eigenvalue weighted by molar-refractivity contribution is 0.0792. The standard InChI is InChI=1S/C19H21NO3/c1-22-18-10-9-15(19(21)20-11-5-6-12-20)13-16(18)14-23-17-7-3-2-4-8-17/h2-4,7-10,13H,5-6,11-12,14H2,1H3. The van der Waals surface area contributed by atoms with Crippen molar-refractivity contribution in [3.63, 3.8) is 0 Å². The molecule has 0 aliphatic carbocycles. The third kappa shape index (κ3) is 3.65. The van der Waals surface area contributed by atoms with Crippen molar-refractivity contribution in [2.45, 2.75) is 19.4 Å². The molecule has 4 nitrogen and oxygen atoms in total. The predicted molar refractivity (Wildman–Crippen MR) is 88.9 cm³/mol. The topological polar surface area (TPSA) is 38.8 Å². The smallest absolute Gasteiger partial charge is 0.253 e. The zero-order chi connectivity index (χ0) is 16.1. The van der Waals surface area contributed by atoms with Gasteiger partial charge in [0.25, 0.3) is 5.91 Å². The molecule has 1 fully saturated rings. The second-order valence-electron chi connectivity index (χ2n) is 5.63. The fourth-order valence-corrected chi connectivity index (χ4v) is 2.81. The molecule has 3 rings (SSSR count). The van der Waals surface area contributed by atoms with E-state index in [1.165, 1.54) is 0 Å². The molecule has 0 unspecified atom stereocenters. The van der Waals surface area contributed by atoms with Gasteiger partial charge >= 0.3 is 0 Å². The maximum absolute atomic E-state index is 12.5. The first kappa shape index (κ1) is 15.4. The third-order valence-corrected chi connectivity index (χ3v) is 4.06. The summed E-state index contributed by atoms with van der Waals surface area (Å²) in [6.45, 7) is 2.07. The number of ether oxygens (including phenoxy) is 2. The van der Waals surface area contributed by atoms with Crippen LogP contribution in [0, 0.1) is 0 Å². The molecular weight excluding hydrogens is 290 g/mol. The van der Waals surface area contributed by atoms with Crippen LogP contribution in [0.25, 0.3) is 0 Å². The molecule has 23 heavy (non-hydrogen) atoms. The molecule has 1 saturated heterocycles. The van der Waals surface area contributed by atoms with E-state index in [4.69, 9.17) is 9.47 Å². The van der Waals surface area contributed by atoms with Gasteiger partial charge in [-0.3, -0.25) is 4.79 Å². The second-order valence-corrected chi connectivity index (χ2v) is 5.63. The van der Waals surface area contributed by atoms with Crippen LogP contribution in [0.4, 0.5) is 0 Å². The summed E-state index contributed by atoms with van der Waals surface area (Å²) in [5.41, 5.74) is 1.57. The van der Waals surface area contributed by atoms with Crippen LogP contribution >= 0.6 is 0 Å². The van der Waals surface area contributed by atoms with Crippen molar-refractivity contribution in [2.24, 2.45) is 0 Å². The molecule has 1 heterocycles. The largest absolute Gasteiger partial charge is 0.496 e. The summed E-state index contributed by atoms with van der Waals surface area (Å²) >= 11 is 0. The van der Waals surface area contributed by atoms with Gasteiger partial charge < -0.3 is 14.4 Å². The number of benzene rings is 2. The Labute approximate surface area is 136 Å². The minimum Gasteiger partial charge on any atom is -0.496 e. The number of methoxy groups -OCH3 is 1. The van der Waals surface area contributed by atoms with Gasteiger partial charge in [0.05, 0.1) is 7.11 Å². The Bertz CT molecular complexity index is 664. The Kier molecular flexibility index (Phi) is 4.81. The number of hydrogen-bond donors (Lipinski definition) is 0. The Morgan fingerprint density at radius 3 is 2.52 bits per heavy atom. The van der Waals surface area contributed by atoms with Crippen LogP contribution in [0.15, 0.2) is 48.5 Å².